The first-order valence-electron chi connectivity index (χ1n) is 9.67. The molecule has 0 radical (unpaired) electrons. The number of hydrogen-bond acceptors (Lipinski definition) is 6. The number of benzene rings is 2. The van der Waals surface area contributed by atoms with Crippen LogP contribution in [0.4, 0.5) is 0 Å². The molecule has 0 spiro atoms. The number of carbonyl (C=O) groups excluding carboxylic acids is 1. The van der Waals surface area contributed by atoms with Crippen molar-refractivity contribution in [2.45, 2.75) is 42.7 Å². The summed E-state index contributed by atoms with van der Waals surface area (Å²) in [4.78, 5) is 12.7. The molecule has 0 saturated heterocycles. The smallest absolute Gasteiger partial charge is 0.277 e. The van der Waals surface area contributed by atoms with Crippen LogP contribution in [0, 0.1) is 0 Å². The van der Waals surface area contributed by atoms with Crippen molar-refractivity contribution in [2.75, 3.05) is 7.11 Å². The van der Waals surface area contributed by atoms with Crippen molar-refractivity contribution in [3.63, 3.8) is 0 Å². The molecule has 0 aliphatic heterocycles. The molecule has 1 aliphatic carbocycles. The summed E-state index contributed by atoms with van der Waals surface area (Å²) < 4.78 is 10.9. The highest BCUT2D eigenvalue weighted by Crippen LogP contribution is 2.31. The maximum absolute atomic E-state index is 12.7. The summed E-state index contributed by atoms with van der Waals surface area (Å²) in [5.74, 6) is 1.15. The lowest BCUT2D eigenvalue weighted by Gasteiger charge is -2.27. The number of hydrogen-bond donors (Lipinski definition) is 1. The molecule has 29 heavy (non-hydrogen) atoms. The molecule has 0 saturated carbocycles. The minimum atomic E-state index is -0.340. The van der Waals surface area contributed by atoms with E-state index in [1.165, 1.54) is 22.9 Å². The lowest BCUT2D eigenvalue weighted by molar-refractivity contribution is -0.121. The molecular formula is C22H23N3O3S. The highest BCUT2D eigenvalue weighted by Gasteiger charge is 2.25. The average molecular weight is 410 g/mol. The van der Waals surface area contributed by atoms with Gasteiger partial charge in [-0.2, -0.15) is 0 Å². The van der Waals surface area contributed by atoms with Crippen molar-refractivity contribution in [3.05, 3.63) is 59.7 Å². The van der Waals surface area contributed by atoms with Crippen LogP contribution in [0.5, 0.6) is 5.75 Å². The standard InChI is InChI=1S/C22H23N3O3S/c1-14(20(26)23-19-9-5-7-15-6-3-4-8-18(15)19)29-22-25-24-21(28-22)16-10-12-17(27-2)13-11-16/h3-4,6,8,10-14,19H,5,7,9H2,1-2H3,(H,23,26)/t14-,19+/m1/s1. The van der Waals surface area contributed by atoms with E-state index in [0.717, 1.165) is 30.6 Å². The zero-order chi connectivity index (χ0) is 20.2. The molecule has 3 aromatic rings. The number of carbonyl (C=O) groups is 1. The van der Waals surface area contributed by atoms with E-state index in [1.807, 2.05) is 37.3 Å². The molecule has 1 heterocycles. The van der Waals surface area contributed by atoms with Crippen LogP contribution in [0.1, 0.15) is 36.9 Å². The number of aromatic nitrogens is 2. The van der Waals surface area contributed by atoms with Gasteiger partial charge in [-0.25, -0.2) is 0 Å². The predicted molar refractivity (Wildman–Crippen MR) is 112 cm³/mol. The molecule has 1 amide bonds. The molecule has 0 bridgehead atoms. The second-order valence-electron chi connectivity index (χ2n) is 7.01. The molecule has 150 valence electrons. The largest absolute Gasteiger partial charge is 0.497 e. The minimum Gasteiger partial charge on any atom is -0.497 e. The molecule has 4 rings (SSSR count). The molecule has 0 unspecified atom stereocenters. The Bertz CT molecular complexity index is 987. The molecule has 1 aromatic heterocycles. The van der Waals surface area contributed by atoms with Crippen LogP contribution in [-0.4, -0.2) is 28.5 Å². The zero-order valence-electron chi connectivity index (χ0n) is 16.4. The number of methoxy groups -OCH3 is 1. The van der Waals surface area contributed by atoms with Gasteiger partial charge < -0.3 is 14.5 Å². The van der Waals surface area contributed by atoms with Crippen molar-refractivity contribution < 1.29 is 13.9 Å². The molecular weight excluding hydrogens is 386 g/mol. The van der Waals surface area contributed by atoms with Gasteiger partial charge in [0.2, 0.25) is 11.8 Å². The zero-order valence-corrected chi connectivity index (χ0v) is 17.2. The molecule has 0 fully saturated rings. The number of nitrogens with one attached hydrogen (secondary N) is 1. The van der Waals surface area contributed by atoms with Gasteiger partial charge in [0.25, 0.3) is 5.22 Å². The molecule has 7 heteroatoms. The van der Waals surface area contributed by atoms with Crippen LogP contribution in [0.2, 0.25) is 0 Å². The van der Waals surface area contributed by atoms with Crippen molar-refractivity contribution in [1.29, 1.82) is 0 Å². The maximum atomic E-state index is 12.7. The Morgan fingerprint density at radius 1 is 1.21 bits per heavy atom. The van der Waals surface area contributed by atoms with Gasteiger partial charge in [-0.15, -0.1) is 10.2 Å². The van der Waals surface area contributed by atoms with Crippen LogP contribution < -0.4 is 10.1 Å². The number of ether oxygens (including phenoxy) is 1. The van der Waals surface area contributed by atoms with Crippen LogP contribution >= 0.6 is 11.8 Å². The quantitative estimate of drug-likeness (QED) is 0.607. The molecule has 2 atom stereocenters. The first kappa shape index (κ1) is 19.5. The molecule has 1 aliphatic rings. The van der Waals surface area contributed by atoms with Crippen LogP contribution in [0.15, 0.2) is 58.2 Å². The van der Waals surface area contributed by atoms with E-state index in [1.54, 1.807) is 7.11 Å². The Morgan fingerprint density at radius 2 is 2.00 bits per heavy atom. The first-order valence-corrected chi connectivity index (χ1v) is 10.5. The topological polar surface area (TPSA) is 77.2 Å². The van der Waals surface area contributed by atoms with Crippen LogP contribution in [0.25, 0.3) is 11.5 Å². The average Bonchev–Trinajstić information content (AvgIpc) is 3.22. The maximum Gasteiger partial charge on any atom is 0.277 e. The second-order valence-corrected chi connectivity index (χ2v) is 8.31. The second kappa shape index (κ2) is 8.69. The number of rotatable bonds is 6. The van der Waals surface area contributed by atoms with Crippen LogP contribution in [-0.2, 0) is 11.2 Å². The summed E-state index contributed by atoms with van der Waals surface area (Å²) >= 11 is 1.27. The SMILES string of the molecule is COc1ccc(-c2nnc(S[C@H](C)C(=O)N[C@H]3CCCc4ccccc43)o2)cc1. The number of nitrogens with zero attached hydrogens (tertiary/aromatic N) is 2. The van der Waals surface area contributed by atoms with Gasteiger partial charge in [-0.05, 0) is 61.6 Å². The van der Waals surface area contributed by atoms with Gasteiger partial charge in [-0.3, -0.25) is 4.79 Å². The van der Waals surface area contributed by atoms with E-state index in [4.69, 9.17) is 9.15 Å². The Balaban J connectivity index is 1.39. The fraction of sp³-hybridized carbons (Fsp3) is 0.318. The summed E-state index contributed by atoms with van der Waals surface area (Å²) in [6.45, 7) is 1.85. The number of amides is 1. The van der Waals surface area contributed by atoms with Crippen molar-refractivity contribution >= 4 is 17.7 Å². The minimum absolute atomic E-state index is 0.0269. The van der Waals surface area contributed by atoms with Gasteiger partial charge in [0.15, 0.2) is 0 Å². The van der Waals surface area contributed by atoms with Crippen molar-refractivity contribution in [1.82, 2.24) is 15.5 Å². The van der Waals surface area contributed by atoms with Gasteiger partial charge in [-0.1, -0.05) is 36.0 Å². The molecule has 1 N–H and O–H groups in total. The first-order chi connectivity index (χ1) is 14.1. The van der Waals surface area contributed by atoms with E-state index in [9.17, 15) is 4.79 Å². The number of fused-ring (bicyclic) bond motifs is 1. The van der Waals surface area contributed by atoms with Crippen molar-refractivity contribution in [2.24, 2.45) is 0 Å². The van der Waals surface area contributed by atoms with Crippen molar-refractivity contribution in [3.8, 4) is 17.2 Å². The molecule has 6 nitrogen and oxygen atoms in total. The Kier molecular flexibility index (Phi) is 5.85. The summed E-state index contributed by atoms with van der Waals surface area (Å²) in [6, 6.07) is 15.8. The highest BCUT2D eigenvalue weighted by molar-refractivity contribution is 8.00. The number of thioether (sulfide) groups is 1. The van der Waals surface area contributed by atoms with E-state index < -0.39 is 0 Å². The molecule has 2 aromatic carbocycles. The Labute approximate surface area is 174 Å². The predicted octanol–water partition coefficient (Wildman–Crippen LogP) is 4.42. The number of aryl methyl sites for hydroxylation is 1. The van der Waals surface area contributed by atoms with E-state index in [2.05, 4.69) is 33.7 Å². The van der Waals surface area contributed by atoms with Gasteiger partial charge >= 0.3 is 0 Å². The van der Waals surface area contributed by atoms with Crippen LogP contribution in [0.3, 0.4) is 0 Å². The van der Waals surface area contributed by atoms with Gasteiger partial charge in [0.1, 0.15) is 5.75 Å². The summed E-state index contributed by atoms with van der Waals surface area (Å²) in [6.07, 6.45) is 3.11. The summed E-state index contributed by atoms with van der Waals surface area (Å²) in [5, 5.41) is 11.4. The third-order valence-electron chi connectivity index (χ3n) is 5.08. The Morgan fingerprint density at radius 3 is 2.79 bits per heavy atom. The monoisotopic (exact) mass is 409 g/mol. The normalized spacial score (nSPS) is 16.7. The van der Waals surface area contributed by atoms with E-state index in [-0.39, 0.29) is 17.2 Å². The summed E-state index contributed by atoms with van der Waals surface area (Å²) in [7, 11) is 1.62. The fourth-order valence-corrected chi connectivity index (χ4v) is 4.20. The van der Waals surface area contributed by atoms with Gasteiger partial charge in [0, 0.05) is 5.56 Å². The lowest BCUT2D eigenvalue weighted by atomic mass is 9.88. The third kappa shape index (κ3) is 4.45. The lowest BCUT2D eigenvalue weighted by Crippen LogP contribution is -2.35. The van der Waals surface area contributed by atoms with E-state index in [0.29, 0.717) is 11.1 Å². The third-order valence-corrected chi connectivity index (χ3v) is 6.01. The summed E-state index contributed by atoms with van der Waals surface area (Å²) in [5.41, 5.74) is 3.36. The van der Waals surface area contributed by atoms with Gasteiger partial charge in [0.05, 0.1) is 18.4 Å². The Hall–Kier alpha value is -2.80. The fourth-order valence-electron chi connectivity index (χ4n) is 3.51. The van der Waals surface area contributed by atoms with E-state index >= 15 is 0 Å². The highest BCUT2D eigenvalue weighted by atomic mass is 32.2.